The normalized spacial score (nSPS) is 10.9. The van der Waals surface area contributed by atoms with E-state index in [0.29, 0.717) is 31.3 Å². The molecule has 4 rings (SSSR count). The van der Waals surface area contributed by atoms with Gasteiger partial charge in [-0.05, 0) is 76.4 Å². The number of fused-ring (bicyclic) bond motifs is 1. The summed E-state index contributed by atoms with van der Waals surface area (Å²) in [5.41, 5.74) is 4.02. The predicted molar refractivity (Wildman–Crippen MR) is 122 cm³/mol. The Labute approximate surface area is 186 Å². The van der Waals surface area contributed by atoms with E-state index < -0.39 is 0 Å². The molecule has 4 aromatic rings. The number of anilines is 1. The molecule has 160 valence electrons. The van der Waals surface area contributed by atoms with Gasteiger partial charge in [0.15, 0.2) is 11.5 Å². The van der Waals surface area contributed by atoms with Crippen LogP contribution in [0.4, 0.5) is 10.1 Å². The molecule has 0 fully saturated rings. The van der Waals surface area contributed by atoms with Gasteiger partial charge < -0.3 is 24.8 Å². The largest absolute Gasteiger partial charge is 0.490 e. The lowest BCUT2D eigenvalue weighted by Crippen LogP contribution is -2.04. The first-order chi connectivity index (χ1) is 15.0. The van der Waals surface area contributed by atoms with Crippen LogP contribution in [-0.2, 0) is 13.2 Å². The number of aromatic amines is 2. The first kappa shape index (κ1) is 21.0. The van der Waals surface area contributed by atoms with Gasteiger partial charge in [-0.1, -0.05) is 12.1 Å². The minimum atomic E-state index is -0.279. The standard InChI is InChI=1S/C23H21BrFN3O3/c1-2-30-21-10-15(12-26-17-7-8-19-20(11-17)28-23(29)27-19)9-18(24)22(21)31-13-14-3-5-16(25)6-4-14/h3-11,26H,2,12-13H2,1H3,(H2,27,28,29). The molecule has 0 saturated carbocycles. The maximum atomic E-state index is 13.1. The number of H-pyrrole nitrogens is 2. The highest BCUT2D eigenvalue weighted by molar-refractivity contribution is 9.10. The van der Waals surface area contributed by atoms with Gasteiger partial charge in [-0.15, -0.1) is 0 Å². The molecule has 0 bridgehead atoms. The van der Waals surface area contributed by atoms with Gasteiger partial charge in [-0.25, -0.2) is 9.18 Å². The summed E-state index contributed by atoms with van der Waals surface area (Å²) < 4.78 is 25.6. The van der Waals surface area contributed by atoms with Gasteiger partial charge in [-0.2, -0.15) is 0 Å². The lowest BCUT2D eigenvalue weighted by atomic mass is 10.2. The van der Waals surface area contributed by atoms with E-state index in [1.165, 1.54) is 12.1 Å². The smallest absolute Gasteiger partial charge is 0.323 e. The summed E-state index contributed by atoms with van der Waals surface area (Å²) in [7, 11) is 0. The Kier molecular flexibility index (Phi) is 6.27. The Morgan fingerprint density at radius 3 is 2.52 bits per heavy atom. The zero-order valence-electron chi connectivity index (χ0n) is 16.8. The van der Waals surface area contributed by atoms with Crippen molar-refractivity contribution in [3.8, 4) is 11.5 Å². The molecule has 0 aliphatic rings. The van der Waals surface area contributed by atoms with Crippen molar-refractivity contribution in [2.75, 3.05) is 11.9 Å². The van der Waals surface area contributed by atoms with Crippen LogP contribution in [0.2, 0.25) is 0 Å². The molecule has 6 nitrogen and oxygen atoms in total. The van der Waals surface area contributed by atoms with Gasteiger partial charge in [0.25, 0.3) is 0 Å². The fourth-order valence-corrected chi connectivity index (χ4v) is 3.81. The highest BCUT2D eigenvalue weighted by atomic mass is 79.9. The SMILES string of the molecule is CCOc1cc(CNc2ccc3[nH]c(=O)[nH]c3c2)cc(Br)c1OCc1ccc(F)cc1. The summed E-state index contributed by atoms with van der Waals surface area (Å²) in [5, 5.41) is 3.35. The van der Waals surface area contributed by atoms with Gasteiger partial charge in [0, 0.05) is 12.2 Å². The van der Waals surface area contributed by atoms with Crippen LogP contribution in [0.15, 0.2) is 63.9 Å². The molecule has 1 aromatic heterocycles. The highest BCUT2D eigenvalue weighted by Gasteiger charge is 2.13. The van der Waals surface area contributed by atoms with Crippen molar-refractivity contribution in [3.05, 3.63) is 86.5 Å². The molecule has 8 heteroatoms. The molecule has 0 spiro atoms. The number of aromatic nitrogens is 2. The Bertz CT molecular complexity index is 1250. The highest BCUT2D eigenvalue weighted by Crippen LogP contribution is 2.37. The summed E-state index contributed by atoms with van der Waals surface area (Å²) >= 11 is 3.58. The molecule has 0 unspecified atom stereocenters. The Morgan fingerprint density at radius 2 is 1.74 bits per heavy atom. The van der Waals surface area contributed by atoms with Crippen molar-refractivity contribution >= 4 is 32.7 Å². The maximum Gasteiger partial charge on any atom is 0.323 e. The van der Waals surface area contributed by atoms with E-state index in [2.05, 4.69) is 31.2 Å². The van der Waals surface area contributed by atoms with Crippen molar-refractivity contribution in [2.45, 2.75) is 20.1 Å². The van der Waals surface area contributed by atoms with Crippen LogP contribution in [0.25, 0.3) is 11.0 Å². The number of nitrogens with one attached hydrogen (secondary N) is 3. The van der Waals surface area contributed by atoms with Crippen LogP contribution in [0, 0.1) is 5.82 Å². The molecule has 31 heavy (non-hydrogen) atoms. The van der Waals surface area contributed by atoms with E-state index in [1.54, 1.807) is 12.1 Å². The lowest BCUT2D eigenvalue weighted by molar-refractivity contribution is 0.267. The van der Waals surface area contributed by atoms with E-state index in [9.17, 15) is 9.18 Å². The third-order valence-electron chi connectivity index (χ3n) is 4.68. The molecule has 0 aliphatic heterocycles. The molecule has 3 N–H and O–H groups in total. The molecule has 0 aliphatic carbocycles. The second-order valence-corrected chi connectivity index (χ2v) is 7.80. The quantitative estimate of drug-likeness (QED) is 0.314. The van der Waals surface area contributed by atoms with Crippen LogP contribution in [0.5, 0.6) is 11.5 Å². The van der Waals surface area contributed by atoms with Gasteiger partial charge in [0.05, 0.1) is 22.1 Å². The fourth-order valence-electron chi connectivity index (χ4n) is 3.21. The zero-order chi connectivity index (χ0) is 21.8. The third kappa shape index (κ3) is 5.08. The van der Waals surface area contributed by atoms with Gasteiger partial charge in [0.1, 0.15) is 12.4 Å². The maximum absolute atomic E-state index is 13.1. The Morgan fingerprint density at radius 1 is 0.968 bits per heavy atom. The van der Waals surface area contributed by atoms with E-state index in [-0.39, 0.29) is 11.5 Å². The van der Waals surface area contributed by atoms with Crippen LogP contribution in [0.3, 0.4) is 0 Å². The second-order valence-electron chi connectivity index (χ2n) is 6.95. The van der Waals surface area contributed by atoms with Crippen molar-refractivity contribution in [2.24, 2.45) is 0 Å². The van der Waals surface area contributed by atoms with Crippen LogP contribution in [0.1, 0.15) is 18.1 Å². The Balaban J connectivity index is 1.49. The molecule has 1 heterocycles. The second kappa shape index (κ2) is 9.26. The average molecular weight is 486 g/mol. The average Bonchev–Trinajstić information content (AvgIpc) is 3.12. The molecule has 3 aromatic carbocycles. The van der Waals surface area contributed by atoms with Crippen molar-refractivity contribution in [3.63, 3.8) is 0 Å². The zero-order valence-corrected chi connectivity index (χ0v) is 18.4. The van der Waals surface area contributed by atoms with Crippen molar-refractivity contribution in [1.29, 1.82) is 0 Å². The van der Waals surface area contributed by atoms with E-state index in [4.69, 9.17) is 9.47 Å². The summed E-state index contributed by atoms with van der Waals surface area (Å²) in [6.07, 6.45) is 0. The first-order valence-electron chi connectivity index (χ1n) is 9.80. The van der Waals surface area contributed by atoms with E-state index in [0.717, 1.165) is 32.3 Å². The van der Waals surface area contributed by atoms with E-state index in [1.807, 2.05) is 37.3 Å². The molecule has 0 amide bonds. The summed E-state index contributed by atoms with van der Waals surface area (Å²) in [4.78, 5) is 16.9. The number of hydrogen-bond acceptors (Lipinski definition) is 4. The monoisotopic (exact) mass is 485 g/mol. The van der Waals surface area contributed by atoms with Gasteiger partial charge in [-0.3, -0.25) is 0 Å². The number of halogens is 2. The number of imidazole rings is 1. The minimum Gasteiger partial charge on any atom is -0.490 e. The fraction of sp³-hybridized carbons (Fsp3) is 0.174. The molecule has 0 saturated heterocycles. The molecular formula is C23H21BrFN3O3. The molecule has 0 atom stereocenters. The van der Waals surface area contributed by atoms with Crippen LogP contribution < -0.4 is 20.5 Å². The summed E-state index contributed by atoms with van der Waals surface area (Å²) in [6, 6.07) is 15.7. The molecular weight excluding hydrogens is 465 g/mol. The predicted octanol–water partition coefficient (Wildman–Crippen LogP) is 5.35. The number of hydrogen-bond donors (Lipinski definition) is 3. The third-order valence-corrected chi connectivity index (χ3v) is 5.27. The van der Waals surface area contributed by atoms with E-state index >= 15 is 0 Å². The first-order valence-corrected chi connectivity index (χ1v) is 10.6. The van der Waals surface area contributed by atoms with Crippen LogP contribution in [-0.4, -0.2) is 16.6 Å². The summed E-state index contributed by atoms with van der Waals surface area (Å²) in [5.74, 6) is 0.946. The molecule has 0 radical (unpaired) electrons. The number of ether oxygens (including phenoxy) is 2. The number of rotatable bonds is 8. The minimum absolute atomic E-state index is 0.228. The van der Waals surface area contributed by atoms with Crippen LogP contribution >= 0.6 is 15.9 Å². The summed E-state index contributed by atoms with van der Waals surface area (Å²) in [6.45, 7) is 3.26. The number of benzene rings is 3. The lowest BCUT2D eigenvalue weighted by Gasteiger charge is -2.16. The van der Waals surface area contributed by atoms with Gasteiger partial charge >= 0.3 is 5.69 Å². The van der Waals surface area contributed by atoms with Crippen molar-refractivity contribution < 1.29 is 13.9 Å². The van der Waals surface area contributed by atoms with Crippen molar-refractivity contribution in [1.82, 2.24) is 9.97 Å². The topological polar surface area (TPSA) is 79.1 Å². The Hall–Kier alpha value is -3.26. The van der Waals surface area contributed by atoms with Gasteiger partial charge in [0.2, 0.25) is 0 Å².